The van der Waals surface area contributed by atoms with Gasteiger partial charge in [0.25, 0.3) is 5.56 Å². The minimum absolute atomic E-state index is 0.0110. The van der Waals surface area contributed by atoms with Crippen molar-refractivity contribution in [2.24, 2.45) is 11.8 Å². The molecule has 42 heavy (non-hydrogen) atoms. The Morgan fingerprint density at radius 2 is 1.38 bits per heavy atom. The number of rotatable bonds is 12. The zero-order chi connectivity index (χ0) is 29.1. The second-order valence-corrected chi connectivity index (χ2v) is 11.9. The minimum Gasteiger partial charge on any atom is -0.356 e. The van der Waals surface area contributed by atoms with Crippen molar-refractivity contribution >= 4 is 34.5 Å². The summed E-state index contributed by atoms with van der Waals surface area (Å²) in [6.07, 6.45) is 4.96. The van der Waals surface area contributed by atoms with E-state index in [4.69, 9.17) is 4.98 Å². The third-order valence-corrected chi connectivity index (χ3v) is 8.93. The van der Waals surface area contributed by atoms with E-state index < -0.39 is 0 Å². The average Bonchev–Trinajstić information content (AvgIpc) is 3.03. The van der Waals surface area contributed by atoms with Gasteiger partial charge in [-0.15, -0.1) is 0 Å². The molecule has 0 spiro atoms. The summed E-state index contributed by atoms with van der Waals surface area (Å²) >= 11 is 1.31. The fourth-order valence-electron chi connectivity index (χ4n) is 5.58. The summed E-state index contributed by atoms with van der Waals surface area (Å²) in [5.74, 6) is 0.525. The molecule has 0 atom stereocenters. The molecule has 4 aromatic rings. The molecule has 7 nitrogen and oxygen atoms in total. The first-order valence-corrected chi connectivity index (χ1v) is 15.8. The van der Waals surface area contributed by atoms with E-state index in [1.54, 1.807) is 4.57 Å². The molecule has 218 valence electrons. The molecular formula is C34H38N4O3S. The molecule has 1 heterocycles. The van der Waals surface area contributed by atoms with Crippen LogP contribution in [0.15, 0.2) is 94.9 Å². The van der Waals surface area contributed by atoms with Crippen molar-refractivity contribution in [3.05, 3.63) is 106 Å². The van der Waals surface area contributed by atoms with Crippen LogP contribution in [-0.4, -0.2) is 40.2 Å². The standard InChI is InChI=1S/C34H38N4O3S/c39-31(35-21-19-25-9-3-1-4-10-25)24-42-34-37-30-14-8-7-13-29(30)33(41)38(34)23-27-15-17-28(18-16-27)32(40)36-22-20-26-11-5-2-6-12-26/h1-14,27-28H,15-24H2,(H,35,39)(H,36,40). The van der Waals surface area contributed by atoms with Crippen LogP contribution in [0.5, 0.6) is 0 Å². The highest BCUT2D eigenvalue weighted by atomic mass is 32.2. The van der Waals surface area contributed by atoms with Crippen LogP contribution in [0, 0.1) is 11.8 Å². The molecule has 1 aliphatic rings. The number of aromatic nitrogens is 2. The van der Waals surface area contributed by atoms with E-state index in [0.717, 1.165) is 38.5 Å². The van der Waals surface area contributed by atoms with Gasteiger partial charge in [-0.2, -0.15) is 0 Å². The van der Waals surface area contributed by atoms with E-state index in [1.165, 1.54) is 22.9 Å². The number of benzene rings is 3. The van der Waals surface area contributed by atoms with Gasteiger partial charge >= 0.3 is 0 Å². The first kappa shape index (κ1) is 29.6. The van der Waals surface area contributed by atoms with Gasteiger partial charge in [0, 0.05) is 25.6 Å². The summed E-state index contributed by atoms with van der Waals surface area (Å²) in [5, 5.41) is 7.24. The van der Waals surface area contributed by atoms with Gasteiger partial charge in [0.1, 0.15) is 0 Å². The first-order chi connectivity index (χ1) is 20.6. The van der Waals surface area contributed by atoms with E-state index >= 15 is 0 Å². The maximum Gasteiger partial charge on any atom is 0.262 e. The summed E-state index contributed by atoms with van der Waals surface area (Å²) < 4.78 is 1.75. The van der Waals surface area contributed by atoms with Crippen molar-refractivity contribution in [2.75, 3.05) is 18.8 Å². The monoisotopic (exact) mass is 582 g/mol. The molecule has 8 heteroatoms. The second-order valence-electron chi connectivity index (χ2n) is 10.9. The predicted octanol–water partition coefficient (Wildman–Crippen LogP) is 5.01. The van der Waals surface area contributed by atoms with Crippen LogP contribution >= 0.6 is 11.8 Å². The number of thioether (sulfide) groups is 1. The molecule has 0 saturated heterocycles. The summed E-state index contributed by atoms with van der Waals surface area (Å²) in [7, 11) is 0. The number of amides is 2. The molecule has 5 rings (SSSR count). The van der Waals surface area contributed by atoms with Gasteiger partial charge in [0.2, 0.25) is 11.8 Å². The molecule has 0 bridgehead atoms. The van der Waals surface area contributed by atoms with Gasteiger partial charge in [-0.05, 0) is 67.7 Å². The Bertz CT molecular complexity index is 1530. The highest BCUT2D eigenvalue weighted by molar-refractivity contribution is 7.99. The average molecular weight is 583 g/mol. The van der Waals surface area contributed by atoms with Gasteiger partial charge in [0.15, 0.2) is 5.16 Å². The van der Waals surface area contributed by atoms with Crippen molar-refractivity contribution < 1.29 is 9.59 Å². The maximum absolute atomic E-state index is 13.5. The molecule has 1 aromatic heterocycles. The summed E-state index contributed by atoms with van der Waals surface area (Å²) in [6.45, 7) is 1.74. The van der Waals surface area contributed by atoms with Crippen LogP contribution < -0.4 is 16.2 Å². The lowest BCUT2D eigenvalue weighted by Gasteiger charge is -2.28. The Labute approximate surface area is 251 Å². The van der Waals surface area contributed by atoms with Gasteiger partial charge in [-0.3, -0.25) is 19.0 Å². The fraction of sp³-hybridized carbons (Fsp3) is 0.353. The van der Waals surface area contributed by atoms with Crippen molar-refractivity contribution in [1.82, 2.24) is 20.2 Å². The molecular weight excluding hydrogens is 544 g/mol. The summed E-state index contributed by atoms with van der Waals surface area (Å²) in [5.41, 5.74) is 2.96. The van der Waals surface area contributed by atoms with Gasteiger partial charge in [-0.25, -0.2) is 4.98 Å². The molecule has 0 unspecified atom stereocenters. The third kappa shape index (κ3) is 8.10. The predicted molar refractivity (Wildman–Crippen MR) is 168 cm³/mol. The number of hydrogen-bond acceptors (Lipinski definition) is 5. The van der Waals surface area contributed by atoms with Gasteiger partial charge in [-0.1, -0.05) is 84.6 Å². The van der Waals surface area contributed by atoms with E-state index in [1.807, 2.05) is 72.8 Å². The van der Waals surface area contributed by atoms with E-state index in [0.29, 0.717) is 35.7 Å². The lowest BCUT2D eigenvalue weighted by Crippen LogP contribution is -2.35. The maximum atomic E-state index is 13.5. The fourth-order valence-corrected chi connectivity index (χ4v) is 6.41. The van der Waals surface area contributed by atoms with Crippen molar-refractivity contribution in [1.29, 1.82) is 0 Å². The minimum atomic E-state index is -0.0799. The number of carbonyl (C=O) groups excluding carboxylic acids is 2. The summed E-state index contributed by atoms with van der Waals surface area (Å²) in [6, 6.07) is 27.6. The van der Waals surface area contributed by atoms with Gasteiger partial charge < -0.3 is 10.6 Å². The van der Waals surface area contributed by atoms with Crippen molar-refractivity contribution in [2.45, 2.75) is 50.2 Å². The highest BCUT2D eigenvalue weighted by Gasteiger charge is 2.27. The molecule has 2 amide bonds. The SMILES string of the molecule is O=C(CSc1nc2ccccc2c(=O)n1CC1CCC(C(=O)NCCc2ccccc2)CC1)NCCc1ccccc1. The molecule has 0 aliphatic heterocycles. The molecule has 1 aliphatic carbocycles. The third-order valence-electron chi connectivity index (χ3n) is 7.95. The first-order valence-electron chi connectivity index (χ1n) is 14.8. The lowest BCUT2D eigenvalue weighted by molar-refractivity contribution is -0.126. The number of hydrogen-bond donors (Lipinski definition) is 2. The van der Waals surface area contributed by atoms with Crippen molar-refractivity contribution in [3.8, 4) is 0 Å². The summed E-state index contributed by atoms with van der Waals surface area (Å²) in [4.78, 5) is 43.8. The van der Waals surface area contributed by atoms with Crippen LogP contribution in [0.1, 0.15) is 36.8 Å². The van der Waals surface area contributed by atoms with Crippen LogP contribution in [0.25, 0.3) is 10.9 Å². The van der Waals surface area contributed by atoms with Gasteiger partial charge in [0.05, 0.1) is 16.7 Å². The van der Waals surface area contributed by atoms with Crippen LogP contribution in [0.4, 0.5) is 0 Å². The zero-order valence-corrected chi connectivity index (χ0v) is 24.7. The Hall–Kier alpha value is -3.91. The number of para-hydroxylation sites is 1. The van der Waals surface area contributed by atoms with Crippen LogP contribution in [0.2, 0.25) is 0 Å². The van der Waals surface area contributed by atoms with Crippen molar-refractivity contribution in [3.63, 3.8) is 0 Å². The van der Waals surface area contributed by atoms with E-state index in [2.05, 4.69) is 22.8 Å². The number of nitrogens with zero attached hydrogens (tertiary/aromatic N) is 2. The molecule has 1 saturated carbocycles. The molecule has 1 fully saturated rings. The largest absolute Gasteiger partial charge is 0.356 e. The number of nitrogens with one attached hydrogen (secondary N) is 2. The van der Waals surface area contributed by atoms with E-state index in [-0.39, 0.29) is 35.0 Å². The Morgan fingerprint density at radius 3 is 2.05 bits per heavy atom. The highest BCUT2D eigenvalue weighted by Crippen LogP contribution is 2.31. The van der Waals surface area contributed by atoms with Crippen LogP contribution in [-0.2, 0) is 29.0 Å². The van der Waals surface area contributed by atoms with E-state index in [9.17, 15) is 14.4 Å². The zero-order valence-electron chi connectivity index (χ0n) is 23.8. The normalized spacial score (nSPS) is 16.7. The Kier molecular flexibility index (Phi) is 10.4. The Morgan fingerprint density at radius 1 is 0.786 bits per heavy atom. The Balaban J connectivity index is 1.16. The number of carbonyl (C=O) groups is 2. The lowest BCUT2D eigenvalue weighted by atomic mass is 9.81. The second kappa shape index (κ2) is 14.8. The van der Waals surface area contributed by atoms with Crippen LogP contribution in [0.3, 0.4) is 0 Å². The quantitative estimate of drug-likeness (QED) is 0.181. The number of fused-ring (bicyclic) bond motifs is 1. The molecule has 0 radical (unpaired) electrons. The smallest absolute Gasteiger partial charge is 0.262 e. The molecule has 3 aromatic carbocycles. The molecule has 2 N–H and O–H groups in total. The topological polar surface area (TPSA) is 93.1 Å².